The van der Waals surface area contributed by atoms with Gasteiger partial charge in [-0.1, -0.05) is 115 Å². The van der Waals surface area contributed by atoms with Crippen LogP contribution < -0.4 is 0 Å². The zero-order chi connectivity index (χ0) is 27.2. The van der Waals surface area contributed by atoms with Crippen molar-refractivity contribution in [1.29, 1.82) is 0 Å². The van der Waals surface area contributed by atoms with Crippen LogP contribution in [0.1, 0.15) is 0 Å². The van der Waals surface area contributed by atoms with Gasteiger partial charge in [-0.05, 0) is 35.4 Å². The van der Waals surface area contributed by atoms with Gasteiger partial charge < -0.3 is 4.42 Å². The molecule has 3 aromatic heterocycles. The number of benzene rings is 5. The molecule has 0 fully saturated rings. The molecule has 0 aliphatic heterocycles. The van der Waals surface area contributed by atoms with Crippen LogP contribution >= 0.6 is 0 Å². The van der Waals surface area contributed by atoms with Crippen LogP contribution in [0.15, 0.2) is 144 Å². The van der Waals surface area contributed by atoms with E-state index in [9.17, 15) is 0 Å². The molecule has 4 heteroatoms. The number of pyridine rings is 1. The molecule has 0 aliphatic rings. The lowest BCUT2D eigenvalue weighted by Gasteiger charge is -2.13. The van der Waals surface area contributed by atoms with Crippen LogP contribution in [0.5, 0.6) is 0 Å². The molecule has 0 saturated heterocycles. The first-order valence-electron chi connectivity index (χ1n) is 13.6. The van der Waals surface area contributed by atoms with Crippen molar-refractivity contribution >= 4 is 33.0 Å². The molecule has 192 valence electrons. The van der Waals surface area contributed by atoms with Crippen LogP contribution in [0.4, 0.5) is 0 Å². The number of hydrogen-bond acceptors (Lipinski definition) is 4. The van der Waals surface area contributed by atoms with Gasteiger partial charge in [0.1, 0.15) is 5.58 Å². The normalized spacial score (nSPS) is 11.4. The van der Waals surface area contributed by atoms with Gasteiger partial charge in [-0.15, -0.1) is 0 Å². The first-order chi connectivity index (χ1) is 20.3. The van der Waals surface area contributed by atoms with E-state index in [1.807, 2.05) is 60.7 Å². The first kappa shape index (κ1) is 23.3. The van der Waals surface area contributed by atoms with Gasteiger partial charge in [0.2, 0.25) is 5.71 Å². The largest absolute Gasteiger partial charge is 0.438 e. The lowest BCUT2D eigenvalue weighted by atomic mass is 9.97. The van der Waals surface area contributed by atoms with Crippen LogP contribution in [0.25, 0.3) is 78.0 Å². The molecular weight excluding hydrogens is 502 g/mol. The van der Waals surface area contributed by atoms with Crippen molar-refractivity contribution in [2.24, 2.45) is 0 Å². The van der Waals surface area contributed by atoms with E-state index >= 15 is 0 Å². The zero-order valence-corrected chi connectivity index (χ0v) is 22.0. The first-order valence-corrected chi connectivity index (χ1v) is 13.6. The second-order valence-electron chi connectivity index (χ2n) is 10.1. The Morgan fingerprint density at radius 2 is 1.07 bits per heavy atom. The molecule has 0 saturated carbocycles. The molecule has 5 aromatic carbocycles. The topological polar surface area (TPSA) is 51.8 Å². The maximum Gasteiger partial charge on any atom is 0.228 e. The third-order valence-electron chi connectivity index (χ3n) is 7.50. The highest BCUT2D eigenvalue weighted by molar-refractivity contribution is 6.18. The summed E-state index contributed by atoms with van der Waals surface area (Å²) in [5.74, 6) is 0.671. The molecule has 0 spiro atoms. The fourth-order valence-electron chi connectivity index (χ4n) is 5.57. The lowest BCUT2D eigenvalue weighted by molar-refractivity contribution is 0.656. The molecule has 3 heterocycles. The summed E-state index contributed by atoms with van der Waals surface area (Å²) in [5, 5.41) is 3.00. The molecule has 0 N–H and O–H groups in total. The second kappa shape index (κ2) is 9.54. The van der Waals surface area contributed by atoms with E-state index in [0.29, 0.717) is 11.5 Å². The summed E-state index contributed by atoms with van der Waals surface area (Å²) in [6.07, 6.45) is 0. The van der Waals surface area contributed by atoms with Gasteiger partial charge in [0.15, 0.2) is 5.82 Å². The van der Waals surface area contributed by atoms with Crippen molar-refractivity contribution in [2.45, 2.75) is 0 Å². The number of nitrogens with zero attached hydrogens (tertiary/aromatic N) is 3. The van der Waals surface area contributed by atoms with Crippen LogP contribution in [-0.4, -0.2) is 15.0 Å². The maximum absolute atomic E-state index is 6.26. The minimum absolute atomic E-state index is 0.604. The lowest BCUT2D eigenvalue weighted by Crippen LogP contribution is -1.97. The van der Waals surface area contributed by atoms with Crippen LogP contribution in [-0.2, 0) is 0 Å². The van der Waals surface area contributed by atoms with Gasteiger partial charge >= 0.3 is 0 Å². The van der Waals surface area contributed by atoms with Gasteiger partial charge in [0.25, 0.3) is 0 Å². The highest BCUT2D eigenvalue weighted by Gasteiger charge is 2.20. The van der Waals surface area contributed by atoms with Crippen molar-refractivity contribution in [3.05, 3.63) is 140 Å². The van der Waals surface area contributed by atoms with Crippen molar-refractivity contribution in [3.63, 3.8) is 0 Å². The summed E-state index contributed by atoms with van der Waals surface area (Å²) >= 11 is 0. The molecule has 41 heavy (non-hydrogen) atoms. The molecule has 0 aliphatic carbocycles. The van der Waals surface area contributed by atoms with Crippen LogP contribution in [0.2, 0.25) is 0 Å². The van der Waals surface area contributed by atoms with Gasteiger partial charge in [-0.25, -0.2) is 15.0 Å². The summed E-state index contributed by atoms with van der Waals surface area (Å²) in [5.41, 5.74) is 9.24. The van der Waals surface area contributed by atoms with Gasteiger partial charge in [-0.2, -0.15) is 0 Å². The van der Waals surface area contributed by atoms with E-state index in [2.05, 4.69) is 78.9 Å². The number of hydrogen-bond donors (Lipinski definition) is 0. The van der Waals surface area contributed by atoms with Gasteiger partial charge in [-0.3, -0.25) is 0 Å². The summed E-state index contributed by atoms with van der Waals surface area (Å²) < 4.78 is 6.26. The van der Waals surface area contributed by atoms with E-state index in [-0.39, 0.29) is 0 Å². The Morgan fingerprint density at radius 3 is 1.90 bits per heavy atom. The maximum atomic E-state index is 6.26. The SMILES string of the molecule is c1ccc(-c2cccc(-c3cc(-c4c5ccccc5nc5oc6ccccc6c45)nc(-c4ccccc4)n3)c2)cc1. The number of rotatable bonds is 4. The van der Waals surface area contributed by atoms with Crippen LogP contribution in [0.3, 0.4) is 0 Å². The van der Waals surface area contributed by atoms with Crippen molar-refractivity contribution in [1.82, 2.24) is 15.0 Å². The van der Waals surface area contributed by atoms with Crippen LogP contribution in [0, 0.1) is 0 Å². The van der Waals surface area contributed by atoms with E-state index in [1.165, 1.54) is 5.56 Å². The fourth-order valence-corrected chi connectivity index (χ4v) is 5.57. The van der Waals surface area contributed by atoms with Gasteiger partial charge in [0.05, 0.1) is 22.3 Å². The molecule has 0 unspecified atom stereocenters. The molecule has 0 bridgehead atoms. The average molecular weight is 526 g/mol. The summed E-state index contributed by atoms with van der Waals surface area (Å²) in [6, 6.07) is 47.5. The molecule has 8 aromatic rings. The number of fused-ring (bicyclic) bond motifs is 4. The number of para-hydroxylation sites is 2. The van der Waals surface area contributed by atoms with E-state index in [0.717, 1.165) is 60.9 Å². The Kier molecular flexibility index (Phi) is 5.42. The second-order valence-corrected chi connectivity index (χ2v) is 10.1. The Hall–Kier alpha value is -5.61. The molecule has 8 rings (SSSR count). The third-order valence-corrected chi connectivity index (χ3v) is 7.50. The fraction of sp³-hybridized carbons (Fsp3) is 0. The minimum Gasteiger partial charge on any atom is -0.438 e. The number of aromatic nitrogens is 3. The molecule has 0 atom stereocenters. The zero-order valence-electron chi connectivity index (χ0n) is 22.0. The third kappa shape index (κ3) is 4.05. The molecular formula is C37H23N3O. The Balaban J connectivity index is 1.44. The predicted molar refractivity (Wildman–Crippen MR) is 166 cm³/mol. The summed E-state index contributed by atoms with van der Waals surface area (Å²) in [4.78, 5) is 15.2. The standard InChI is InChI=1S/C37H23N3O/c1-3-12-24(13-4-1)26-16-11-17-27(22-26)31-23-32(39-36(38-31)25-14-5-2-6-15-25)34-28-18-7-9-20-30(28)40-37-35(34)29-19-8-10-21-33(29)41-37/h1-23H. The Bertz CT molecular complexity index is 2200. The Labute approximate surface area is 236 Å². The van der Waals surface area contributed by atoms with Crippen molar-refractivity contribution in [3.8, 4) is 45.0 Å². The highest BCUT2D eigenvalue weighted by atomic mass is 16.3. The predicted octanol–water partition coefficient (Wildman–Crippen LogP) is 9.59. The quantitative estimate of drug-likeness (QED) is 0.230. The number of furan rings is 1. The molecule has 4 nitrogen and oxygen atoms in total. The van der Waals surface area contributed by atoms with E-state index in [4.69, 9.17) is 19.4 Å². The van der Waals surface area contributed by atoms with Crippen molar-refractivity contribution in [2.75, 3.05) is 0 Å². The molecule has 0 amide bonds. The Morgan fingerprint density at radius 1 is 0.439 bits per heavy atom. The minimum atomic E-state index is 0.604. The van der Waals surface area contributed by atoms with E-state index < -0.39 is 0 Å². The van der Waals surface area contributed by atoms with E-state index in [1.54, 1.807) is 0 Å². The summed E-state index contributed by atoms with van der Waals surface area (Å²) in [7, 11) is 0. The highest BCUT2D eigenvalue weighted by Crippen LogP contribution is 2.41. The monoisotopic (exact) mass is 525 g/mol. The molecule has 0 radical (unpaired) electrons. The van der Waals surface area contributed by atoms with Gasteiger partial charge in [0, 0.05) is 27.5 Å². The average Bonchev–Trinajstić information content (AvgIpc) is 3.42. The summed E-state index contributed by atoms with van der Waals surface area (Å²) in [6.45, 7) is 0. The smallest absolute Gasteiger partial charge is 0.228 e. The van der Waals surface area contributed by atoms with Crippen molar-refractivity contribution < 1.29 is 4.42 Å².